The van der Waals surface area contributed by atoms with Gasteiger partial charge in [-0.2, -0.15) is 0 Å². The molecule has 0 spiro atoms. The molecule has 2 aliphatic rings. The van der Waals surface area contributed by atoms with Crippen LogP contribution in [0.5, 0.6) is 11.5 Å². The van der Waals surface area contributed by atoms with Crippen molar-refractivity contribution < 1.29 is 23.8 Å². The largest absolute Gasteiger partial charge is 0.496 e. The summed E-state index contributed by atoms with van der Waals surface area (Å²) >= 11 is 0. The Morgan fingerprint density at radius 2 is 1.97 bits per heavy atom. The average Bonchev–Trinajstić information content (AvgIpc) is 3.57. The number of aromatic nitrogens is 4. The number of benzene rings is 2. The first-order valence-corrected chi connectivity index (χ1v) is 12.3. The molecule has 38 heavy (non-hydrogen) atoms. The molecule has 0 radical (unpaired) electrons. The summed E-state index contributed by atoms with van der Waals surface area (Å²) in [5, 5.41) is 13.0. The number of nitrogens with one attached hydrogen (secondary N) is 1. The molecule has 6 rings (SSSR count). The van der Waals surface area contributed by atoms with Crippen molar-refractivity contribution in [3.8, 4) is 11.5 Å². The number of amides is 2. The van der Waals surface area contributed by atoms with Crippen molar-refractivity contribution in [2.45, 2.75) is 25.3 Å². The SMILES string of the molecule is COc1ccc(C(=O)N2C[C@@H]3NC(=O)c4ncccc4OCCn4cc(nn4)CO[C@H]3C2)c2ccccc12. The number of carbonyl (C=O) groups excluding carboxylic acids is 2. The van der Waals surface area contributed by atoms with Crippen LogP contribution >= 0.6 is 0 Å². The monoisotopic (exact) mass is 514 g/mol. The van der Waals surface area contributed by atoms with Gasteiger partial charge in [0.2, 0.25) is 0 Å². The van der Waals surface area contributed by atoms with E-state index in [1.165, 1.54) is 0 Å². The highest BCUT2D eigenvalue weighted by Crippen LogP contribution is 2.30. The molecule has 194 valence electrons. The van der Waals surface area contributed by atoms with Crippen molar-refractivity contribution in [2.24, 2.45) is 0 Å². The number of carbonyl (C=O) groups is 2. The van der Waals surface area contributed by atoms with Gasteiger partial charge in [0.05, 0.1) is 38.6 Å². The van der Waals surface area contributed by atoms with Gasteiger partial charge in [-0.1, -0.05) is 29.5 Å². The van der Waals surface area contributed by atoms with Crippen molar-refractivity contribution in [2.75, 3.05) is 26.8 Å². The van der Waals surface area contributed by atoms with E-state index in [9.17, 15) is 9.59 Å². The third kappa shape index (κ3) is 4.52. The molecule has 0 unspecified atom stereocenters. The summed E-state index contributed by atoms with van der Waals surface area (Å²) in [4.78, 5) is 33.0. The Kier molecular flexibility index (Phi) is 6.34. The zero-order valence-electron chi connectivity index (χ0n) is 20.7. The molecule has 0 saturated carbocycles. The van der Waals surface area contributed by atoms with Crippen LogP contribution in [0.3, 0.4) is 0 Å². The van der Waals surface area contributed by atoms with Gasteiger partial charge in [-0.05, 0) is 29.7 Å². The summed E-state index contributed by atoms with van der Waals surface area (Å²) in [6.07, 6.45) is 2.88. The van der Waals surface area contributed by atoms with E-state index in [1.54, 1.807) is 53.4 Å². The van der Waals surface area contributed by atoms with E-state index in [-0.39, 0.29) is 24.8 Å². The molecule has 4 aromatic rings. The quantitative estimate of drug-likeness (QED) is 0.432. The molecule has 2 aliphatic heterocycles. The maximum Gasteiger partial charge on any atom is 0.274 e. The summed E-state index contributed by atoms with van der Waals surface area (Å²) < 4.78 is 19.2. The normalized spacial score (nSPS) is 19.6. The summed E-state index contributed by atoms with van der Waals surface area (Å²) in [5.74, 6) is 0.524. The Bertz CT molecular complexity index is 1500. The first kappa shape index (κ1) is 23.9. The smallest absolute Gasteiger partial charge is 0.274 e. The second-order valence-corrected chi connectivity index (χ2v) is 9.17. The van der Waals surface area contributed by atoms with Gasteiger partial charge in [-0.25, -0.2) is 9.67 Å². The first-order chi connectivity index (χ1) is 18.6. The zero-order valence-corrected chi connectivity index (χ0v) is 20.7. The minimum atomic E-state index is -0.469. The lowest BCUT2D eigenvalue weighted by molar-refractivity contribution is 0.0290. The maximum atomic E-state index is 13.8. The maximum absolute atomic E-state index is 13.8. The van der Waals surface area contributed by atoms with Gasteiger partial charge in [0.1, 0.15) is 18.1 Å². The Balaban J connectivity index is 1.31. The molecule has 11 heteroatoms. The van der Waals surface area contributed by atoms with Gasteiger partial charge in [0, 0.05) is 30.2 Å². The summed E-state index contributed by atoms with van der Waals surface area (Å²) in [6.45, 7) is 1.50. The average molecular weight is 515 g/mol. The third-order valence-corrected chi connectivity index (χ3v) is 6.80. The van der Waals surface area contributed by atoms with Crippen molar-refractivity contribution in [1.29, 1.82) is 0 Å². The molecule has 1 N–H and O–H groups in total. The van der Waals surface area contributed by atoms with Gasteiger partial charge < -0.3 is 24.4 Å². The lowest BCUT2D eigenvalue weighted by atomic mass is 10.0. The third-order valence-electron chi connectivity index (χ3n) is 6.80. The summed E-state index contributed by atoms with van der Waals surface area (Å²) in [7, 11) is 1.61. The van der Waals surface area contributed by atoms with E-state index < -0.39 is 18.1 Å². The molecule has 2 aromatic heterocycles. The van der Waals surface area contributed by atoms with Gasteiger partial charge in [-0.3, -0.25) is 9.59 Å². The molecule has 1 saturated heterocycles. The highest BCUT2D eigenvalue weighted by atomic mass is 16.5. The second kappa shape index (κ2) is 10.1. The van der Waals surface area contributed by atoms with Crippen LogP contribution in [-0.2, 0) is 17.9 Å². The minimum Gasteiger partial charge on any atom is -0.496 e. The van der Waals surface area contributed by atoms with Crippen molar-refractivity contribution in [3.05, 3.63) is 77.9 Å². The highest BCUT2D eigenvalue weighted by Gasteiger charge is 2.38. The van der Waals surface area contributed by atoms with Gasteiger partial charge >= 0.3 is 0 Å². The molecule has 2 aromatic carbocycles. The van der Waals surface area contributed by atoms with Crippen LogP contribution in [0, 0.1) is 0 Å². The van der Waals surface area contributed by atoms with Gasteiger partial charge in [0.15, 0.2) is 11.4 Å². The van der Waals surface area contributed by atoms with Crippen molar-refractivity contribution >= 4 is 22.6 Å². The molecule has 2 amide bonds. The van der Waals surface area contributed by atoms with E-state index in [2.05, 4.69) is 20.6 Å². The Morgan fingerprint density at radius 3 is 2.84 bits per heavy atom. The van der Waals surface area contributed by atoms with Crippen LogP contribution in [0.25, 0.3) is 10.8 Å². The summed E-state index contributed by atoms with van der Waals surface area (Å²) in [6, 6.07) is 14.2. The number of likely N-dealkylation sites (tertiary alicyclic amines) is 1. The second-order valence-electron chi connectivity index (χ2n) is 9.17. The van der Waals surface area contributed by atoms with Crippen molar-refractivity contribution in [1.82, 2.24) is 30.2 Å². The predicted octanol–water partition coefficient (Wildman–Crippen LogP) is 2.07. The number of hydrogen-bond acceptors (Lipinski definition) is 8. The van der Waals surface area contributed by atoms with Crippen LogP contribution < -0.4 is 14.8 Å². The fourth-order valence-electron chi connectivity index (χ4n) is 4.92. The van der Waals surface area contributed by atoms with Crippen LogP contribution in [0.2, 0.25) is 0 Å². The van der Waals surface area contributed by atoms with E-state index in [4.69, 9.17) is 14.2 Å². The number of rotatable bonds is 2. The van der Waals surface area contributed by atoms with E-state index in [0.29, 0.717) is 42.5 Å². The first-order valence-electron chi connectivity index (χ1n) is 12.3. The topological polar surface area (TPSA) is 121 Å². The zero-order chi connectivity index (χ0) is 26.1. The van der Waals surface area contributed by atoms with Crippen LogP contribution in [0.4, 0.5) is 0 Å². The van der Waals surface area contributed by atoms with Gasteiger partial charge in [0.25, 0.3) is 11.8 Å². The number of hydrogen-bond donors (Lipinski definition) is 1. The number of pyridine rings is 1. The van der Waals surface area contributed by atoms with Gasteiger partial charge in [-0.15, -0.1) is 5.10 Å². The van der Waals surface area contributed by atoms with Crippen LogP contribution in [0.15, 0.2) is 60.9 Å². The minimum absolute atomic E-state index is 0.153. The number of methoxy groups -OCH3 is 1. The Morgan fingerprint density at radius 1 is 1.11 bits per heavy atom. The van der Waals surface area contributed by atoms with E-state index in [0.717, 1.165) is 10.8 Å². The molecule has 2 bridgehead atoms. The fourth-order valence-corrected chi connectivity index (χ4v) is 4.92. The highest BCUT2D eigenvalue weighted by molar-refractivity contribution is 6.08. The molecule has 0 aliphatic carbocycles. The molecule has 1 fully saturated rings. The van der Waals surface area contributed by atoms with E-state index >= 15 is 0 Å². The van der Waals surface area contributed by atoms with E-state index in [1.807, 2.05) is 24.3 Å². The molecule has 11 nitrogen and oxygen atoms in total. The number of fused-ring (bicyclic) bond motifs is 5. The molecular weight excluding hydrogens is 488 g/mol. The summed E-state index contributed by atoms with van der Waals surface area (Å²) in [5.41, 5.74) is 1.38. The van der Waals surface area contributed by atoms with Crippen LogP contribution in [-0.4, -0.2) is 75.6 Å². The Hall–Kier alpha value is -4.51. The lowest BCUT2D eigenvalue weighted by Crippen LogP contribution is -2.44. The standard InChI is InChI=1S/C27H26N6O5/c1-36-22-9-8-20(18-5-2-3-6-19(18)22)27(35)32-14-21-24(15-32)38-16-17-13-33(31-30-17)11-12-37-23-7-4-10-28-25(23)26(34)29-21/h2-10,13,21,24H,11-12,14-16H2,1H3,(H,29,34)/t21-,24-/m0/s1. The Labute approximate surface area is 218 Å². The van der Waals surface area contributed by atoms with Crippen molar-refractivity contribution in [3.63, 3.8) is 0 Å². The molecule has 2 atom stereocenters. The number of ether oxygens (including phenoxy) is 3. The molecule has 4 heterocycles. The lowest BCUT2D eigenvalue weighted by Gasteiger charge is -2.20. The number of nitrogens with zero attached hydrogens (tertiary/aromatic N) is 5. The fraction of sp³-hybridized carbons (Fsp3) is 0.296. The predicted molar refractivity (Wildman–Crippen MR) is 136 cm³/mol. The van der Waals surface area contributed by atoms with Crippen LogP contribution in [0.1, 0.15) is 26.5 Å². The molecular formula is C27H26N6O5.